The molecule has 5 heteroatoms. The lowest BCUT2D eigenvalue weighted by molar-refractivity contribution is -0.170. The van der Waals surface area contributed by atoms with Crippen LogP contribution in [0.1, 0.15) is 44.1 Å². The number of methoxy groups -OCH3 is 2. The van der Waals surface area contributed by atoms with Crippen LogP contribution in [0.3, 0.4) is 0 Å². The van der Waals surface area contributed by atoms with E-state index < -0.39 is 0 Å². The maximum absolute atomic E-state index is 13.1. The molecule has 4 aliphatic rings. The van der Waals surface area contributed by atoms with Crippen LogP contribution in [0.25, 0.3) is 0 Å². The Morgan fingerprint density at radius 1 is 1.16 bits per heavy atom. The second kappa shape index (κ2) is 6.19. The molecule has 0 radical (unpaired) electrons. The molecule has 5 rings (SSSR count). The lowest BCUT2D eigenvalue weighted by Crippen LogP contribution is -2.56. The Bertz CT molecular complexity index is 672. The van der Waals surface area contributed by atoms with E-state index in [9.17, 15) is 4.79 Å². The first kappa shape index (κ1) is 17.2. The van der Waals surface area contributed by atoms with Gasteiger partial charge in [-0.1, -0.05) is 15.9 Å². The van der Waals surface area contributed by atoms with Crippen molar-refractivity contribution >= 4 is 21.9 Å². The smallest absolute Gasteiger partial charge is 0.312 e. The number of hydrogen-bond donors (Lipinski definition) is 0. The summed E-state index contributed by atoms with van der Waals surface area (Å²) in [5, 5.41) is 0. The van der Waals surface area contributed by atoms with Crippen LogP contribution in [0.4, 0.5) is 0 Å². The van der Waals surface area contributed by atoms with Gasteiger partial charge in [0.25, 0.3) is 0 Å². The molecule has 0 aliphatic heterocycles. The topological polar surface area (TPSA) is 44.8 Å². The van der Waals surface area contributed by atoms with Crippen molar-refractivity contribution in [3.63, 3.8) is 0 Å². The molecule has 1 aromatic carbocycles. The molecule has 2 unspecified atom stereocenters. The van der Waals surface area contributed by atoms with Crippen LogP contribution in [0.15, 0.2) is 18.2 Å². The average Bonchev–Trinajstić information content (AvgIpc) is 2.57. The van der Waals surface area contributed by atoms with Gasteiger partial charge < -0.3 is 14.2 Å². The molecule has 4 nitrogen and oxygen atoms in total. The summed E-state index contributed by atoms with van der Waals surface area (Å²) in [6, 6.07) is 5.57. The van der Waals surface area contributed by atoms with Gasteiger partial charge >= 0.3 is 5.97 Å². The fourth-order valence-corrected chi connectivity index (χ4v) is 7.13. The number of benzene rings is 1. The summed E-state index contributed by atoms with van der Waals surface area (Å²) in [5.41, 5.74) is 0.549. The number of ether oxygens (including phenoxy) is 3. The number of carbonyl (C=O) groups excluding carboxylic acids is 1. The normalized spacial score (nSPS) is 35.5. The van der Waals surface area contributed by atoms with E-state index in [1.54, 1.807) is 14.2 Å². The molecule has 4 saturated carbocycles. The van der Waals surface area contributed by atoms with E-state index in [0.29, 0.717) is 11.8 Å². The van der Waals surface area contributed by atoms with E-state index in [1.807, 2.05) is 18.2 Å². The van der Waals surface area contributed by atoms with Crippen LogP contribution in [0, 0.1) is 17.3 Å². The predicted molar refractivity (Wildman–Crippen MR) is 98.1 cm³/mol. The monoisotopic (exact) mass is 408 g/mol. The number of hydrogen-bond acceptors (Lipinski definition) is 4. The fourth-order valence-electron chi connectivity index (χ4n) is 5.68. The van der Waals surface area contributed by atoms with E-state index in [0.717, 1.165) is 36.3 Å². The third-order valence-electron chi connectivity index (χ3n) is 6.27. The van der Waals surface area contributed by atoms with Gasteiger partial charge in [0.2, 0.25) is 0 Å². The van der Waals surface area contributed by atoms with Crippen LogP contribution in [0.2, 0.25) is 0 Å². The van der Waals surface area contributed by atoms with Crippen molar-refractivity contribution in [2.75, 3.05) is 14.2 Å². The van der Waals surface area contributed by atoms with E-state index in [2.05, 4.69) is 15.9 Å². The molecule has 4 atom stereocenters. The van der Waals surface area contributed by atoms with E-state index >= 15 is 0 Å². The molecule has 25 heavy (non-hydrogen) atoms. The quantitative estimate of drug-likeness (QED) is 0.532. The Labute approximate surface area is 157 Å². The maximum Gasteiger partial charge on any atom is 0.312 e. The van der Waals surface area contributed by atoms with E-state index in [1.165, 1.54) is 19.3 Å². The number of carbonyl (C=O) groups is 1. The van der Waals surface area contributed by atoms with Crippen LogP contribution >= 0.6 is 15.9 Å². The first-order valence-electron chi connectivity index (χ1n) is 9.02. The molecule has 0 N–H and O–H groups in total. The molecule has 4 fully saturated rings. The Morgan fingerprint density at radius 3 is 2.48 bits per heavy atom. The van der Waals surface area contributed by atoms with Gasteiger partial charge in [-0.3, -0.25) is 4.79 Å². The zero-order valence-corrected chi connectivity index (χ0v) is 16.4. The maximum atomic E-state index is 13.1. The van der Waals surface area contributed by atoms with Crippen LogP contribution in [-0.4, -0.2) is 24.5 Å². The van der Waals surface area contributed by atoms with Crippen molar-refractivity contribution < 1.29 is 19.0 Å². The second-order valence-electron chi connectivity index (χ2n) is 8.15. The highest BCUT2D eigenvalue weighted by molar-refractivity contribution is 9.10. The predicted octanol–water partition coefficient (Wildman–Crippen LogP) is 4.48. The van der Waals surface area contributed by atoms with Gasteiger partial charge in [0, 0.05) is 9.89 Å². The minimum Gasteiger partial charge on any atom is -0.497 e. The molecule has 136 valence electrons. The summed E-state index contributed by atoms with van der Waals surface area (Å²) in [4.78, 5) is 13.1. The summed E-state index contributed by atoms with van der Waals surface area (Å²) in [7, 11) is 3.25. The molecule has 4 bridgehead atoms. The average molecular weight is 409 g/mol. The van der Waals surface area contributed by atoms with Gasteiger partial charge in [-0.25, -0.2) is 0 Å². The summed E-state index contributed by atoms with van der Waals surface area (Å²) in [6.07, 6.45) is 6.60. The van der Waals surface area contributed by atoms with Gasteiger partial charge in [0.05, 0.1) is 19.6 Å². The van der Waals surface area contributed by atoms with Crippen molar-refractivity contribution in [1.82, 2.24) is 0 Å². The molecule has 0 aromatic heterocycles. The highest BCUT2D eigenvalue weighted by Crippen LogP contribution is 2.64. The molecule has 1 aromatic rings. The first-order valence-corrected chi connectivity index (χ1v) is 9.82. The molecule has 4 aliphatic carbocycles. The molecular weight excluding hydrogens is 384 g/mol. The van der Waals surface area contributed by atoms with E-state index in [4.69, 9.17) is 14.2 Å². The zero-order chi connectivity index (χ0) is 17.7. The van der Waals surface area contributed by atoms with Crippen molar-refractivity contribution in [3.8, 4) is 11.5 Å². The highest BCUT2D eigenvalue weighted by atomic mass is 79.9. The van der Waals surface area contributed by atoms with Crippen LogP contribution < -0.4 is 9.47 Å². The molecular formula is C20H25BrO4. The summed E-state index contributed by atoms with van der Waals surface area (Å²) >= 11 is 3.95. The molecule has 0 saturated heterocycles. The number of rotatable bonds is 5. The lowest BCUT2D eigenvalue weighted by Gasteiger charge is -2.58. The molecule has 0 spiro atoms. The van der Waals surface area contributed by atoms with Gasteiger partial charge in [0.1, 0.15) is 18.1 Å². The standard InChI is InChI=1S/C20H25BrO4/c1-23-16-3-4-17(24-2)15(6-16)11-25-18(22)19-7-13-5-14(8-19)10-20(21,9-13)12-19/h3-4,6,13-14H,5,7-12H2,1-2H3/t13-,14+,19?,20?. The number of halogens is 1. The fraction of sp³-hybridized carbons (Fsp3) is 0.650. The summed E-state index contributed by atoms with van der Waals surface area (Å²) < 4.78 is 16.6. The molecule has 0 amide bonds. The van der Waals surface area contributed by atoms with Crippen LogP contribution in [-0.2, 0) is 16.1 Å². The highest BCUT2D eigenvalue weighted by Gasteiger charge is 2.60. The van der Waals surface area contributed by atoms with Gasteiger partial charge in [-0.2, -0.15) is 0 Å². The van der Waals surface area contributed by atoms with E-state index in [-0.39, 0.29) is 22.3 Å². The first-order chi connectivity index (χ1) is 12.0. The van der Waals surface area contributed by atoms with Gasteiger partial charge in [0.15, 0.2) is 0 Å². The van der Waals surface area contributed by atoms with Crippen molar-refractivity contribution in [2.45, 2.75) is 49.5 Å². The Morgan fingerprint density at radius 2 is 1.88 bits per heavy atom. The number of esters is 1. The van der Waals surface area contributed by atoms with Gasteiger partial charge in [-0.15, -0.1) is 0 Å². The minimum absolute atomic E-state index is 0.0321. The second-order valence-corrected chi connectivity index (χ2v) is 9.83. The van der Waals surface area contributed by atoms with Crippen molar-refractivity contribution in [2.24, 2.45) is 17.3 Å². The Kier molecular flexibility index (Phi) is 4.25. The Balaban J connectivity index is 1.50. The summed E-state index contributed by atoms with van der Waals surface area (Å²) in [6.45, 7) is 0.228. The SMILES string of the molecule is COc1ccc(OC)c(COC(=O)C23C[C@@H]4C[C@@H](CC(Br)(C4)C2)C3)c1. The molecule has 0 heterocycles. The van der Waals surface area contributed by atoms with Crippen LogP contribution in [0.5, 0.6) is 11.5 Å². The lowest BCUT2D eigenvalue weighted by atomic mass is 9.49. The largest absolute Gasteiger partial charge is 0.497 e. The minimum atomic E-state index is -0.292. The number of alkyl halides is 1. The van der Waals surface area contributed by atoms with Gasteiger partial charge in [-0.05, 0) is 68.6 Å². The third kappa shape index (κ3) is 3.05. The summed E-state index contributed by atoms with van der Waals surface area (Å²) in [5.74, 6) is 2.76. The van der Waals surface area contributed by atoms with Crippen molar-refractivity contribution in [1.29, 1.82) is 0 Å². The van der Waals surface area contributed by atoms with Crippen molar-refractivity contribution in [3.05, 3.63) is 23.8 Å². The zero-order valence-electron chi connectivity index (χ0n) is 14.8. The third-order valence-corrected chi connectivity index (χ3v) is 7.20. The Hall–Kier alpha value is -1.23.